The molecule has 4 aromatic rings. The smallest absolute Gasteiger partial charge is 0.280 e. The highest BCUT2D eigenvalue weighted by atomic mass is 79.9. The van der Waals surface area contributed by atoms with Gasteiger partial charge in [-0.05, 0) is 48.2 Å². The molecule has 0 heterocycles. The number of hydrogen-bond donors (Lipinski definition) is 1. The third kappa shape index (κ3) is 5.99. The van der Waals surface area contributed by atoms with Gasteiger partial charge in [0.1, 0.15) is 18.1 Å². The van der Waals surface area contributed by atoms with Gasteiger partial charge in [0.25, 0.3) is 5.91 Å². The van der Waals surface area contributed by atoms with Crippen LogP contribution in [0.4, 0.5) is 0 Å². The molecule has 0 aromatic heterocycles. The quantitative estimate of drug-likeness (QED) is 0.234. The van der Waals surface area contributed by atoms with Crippen molar-refractivity contribution in [3.8, 4) is 11.5 Å². The fourth-order valence-corrected chi connectivity index (χ4v) is 3.75. The molecule has 0 spiro atoms. The molecule has 1 atom stereocenters. The van der Waals surface area contributed by atoms with E-state index in [1.54, 1.807) is 13.1 Å². The number of para-hydroxylation sites is 1. The van der Waals surface area contributed by atoms with E-state index in [9.17, 15) is 4.79 Å². The number of ether oxygens (including phenoxy) is 2. The first-order valence-electron chi connectivity index (χ1n) is 10.5. The third-order valence-corrected chi connectivity index (χ3v) is 5.50. The number of nitrogens with zero attached hydrogens (tertiary/aromatic N) is 1. The first-order chi connectivity index (χ1) is 16.1. The van der Waals surface area contributed by atoms with Crippen LogP contribution in [-0.4, -0.2) is 18.2 Å². The molecule has 4 aromatic carbocycles. The largest absolute Gasteiger partial charge is 0.488 e. The average Bonchev–Trinajstić information content (AvgIpc) is 2.83. The summed E-state index contributed by atoms with van der Waals surface area (Å²) in [6, 6.07) is 29.1. The molecule has 0 aliphatic heterocycles. The van der Waals surface area contributed by atoms with Crippen LogP contribution in [0.25, 0.3) is 10.8 Å². The van der Waals surface area contributed by atoms with Crippen LogP contribution in [-0.2, 0) is 11.4 Å². The molecule has 0 aliphatic rings. The number of halogens is 1. The van der Waals surface area contributed by atoms with E-state index in [1.807, 2.05) is 91.0 Å². The maximum Gasteiger partial charge on any atom is 0.280 e. The van der Waals surface area contributed by atoms with Crippen molar-refractivity contribution in [1.82, 2.24) is 5.43 Å². The molecule has 0 saturated heterocycles. The Hall–Kier alpha value is -3.64. The SMILES string of the molecule is C[C@H](Oc1cccc2ccccc12)C(=O)N/N=C\c1ccccc1OCc1cccc(Br)c1. The predicted molar refractivity (Wildman–Crippen MR) is 135 cm³/mol. The minimum Gasteiger partial charge on any atom is -0.488 e. The molecule has 4 rings (SSSR count). The van der Waals surface area contributed by atoms with Crippen molar-refractivity contribution < 1.29 is 14.3 Å². The second-order valence-corrected chi connectivity index (χ2v) is 8.34. The third-order valence-electron chi connectivity index (χ3n) is 5.00. The van der Waals surface area contributed by atoms with E-state index in [0.717, 1.165) is 26.4 Å². The Kier molecular flexibility index (Phi) is 7.37. The molecule has 0 bridgehead atoms. The monoisotopic (exact) mass is 502 g/mol. The maximum atomic E-state index is 12.5. The minimum atomic E-state index is -0.712. The van der Waals surface area contributed by atoms with Crippen LogP contribution in [0, 0.1) is 0 Å². The maximum absolute atomic E-state index is 12.5. The highest BCUT2D eigenvalue weighted by molar-refractivity contribution is 9.10. The van der Waals surface area contributed by atoms with E-state index in [2.05, 4.69) is 26.5 Å². The zero-order valence-corrected chi connectivity index (χ0v) is 19.7. The van der Waals surface area contributed by atoms with Crippen molar-refractivity contribution in [2.75, 3.05) is 0 Å². The fraction of sp³-hybridized carbons (Fsp3) is 0.111. The van der Waals surface area contributed by atoms with Crippen molar-refractivity contribution in [3.05, 3.63) is 107 Å². The number of fused-ring (bicyclic) bond motifs is 1. The molecule has 5 nitrogen and oxygen atoms in total. The summed E-state index contributed by atoms with van der Waals surface area (Å²) in [5, 5.41) is 6.12. The molecule has 0 radical (unpaired) electrons. The van der Waals surface area contributed by atoms with Gasteiger partial charge in [-0.15, -0.1) is 0 Å². The second kappa shape index (κ2) is 10.8. The van der Waals surface area contributed by atoms with Crippen molar-refractivity contribution >= 4 is 38.8 Å². The lowest BCUT2D eigenvalue weighted by Gasteiger charge is -2.15. The summed E-state index contributed by atoms with van der Waals surface area (Å²) in [5.74, 6) is 0.994. The lowest BCUT2D eigenvalue weighted by atomic mass is 10.1. The molecule has 0 fully saturated rings. The van der Waals surface area contributed by atoms with E-state index >= 15 is 0 Å². The van der Waals surface area contributed by atoms with Gasteiger partial charge in [0.2, 0.25) is 0 Å². The minimum absolute atomic E-state index is 0.341. The van der Waals surface area contributed by atoms with Crippen LogP contribution in [0.1, 0.15) is 18.1 Å². The molecule has 0 saturated carbocycles. The topological polar surface area (TPSA) is 59.9 Å². The van der Waals surface area contributed by atoms with Gasteiger partial charge in [-0.1, -0.05) is 76.6 Å². The van der Waals surface area contributed by atoms with E-state index < -0.39 is 6.10 Å². The number of benzene rings is 4. The Morgan fingerprint density at radius 1 is 0.970 bits per heavy atom. The number of nitrogens with one attached hydrogen (secondary N) is 1. The van der Waals surface area contributed by atoms with Crippen molar-refractivity contribution in [2.45, 2.75) is 19.6 Å². The van der Waals surface area contributed by atoms with Crippen molar-refractivity contribution in [2.24, 2.45) is 5.10 Å². The molecule has 1 amide bonds. The Morgan fingerprint density at radius 3 is 2.58 bits per heavy atom. The first kappa shape index (κ1) is 22.6. The lowest BCUT2D eigenvalue weighted by molar-refractivity contribution is -0.127. The number of amides is 1. The van der Waals surface area contributed by atoms with E-state index in [1.165, 1.54) is 0 Å². The van der Waals surface area contributed by atoms with Crippen molar-refractivity contribution in [1.29, 1.82) is 0 Å². The number of carbonyl (C=O) groups is 1. The van der Waals surface area contributed by atoms with Gasteiger partial charge in [0.15, 0.2) is 6.10 Å². The Labute approximate surface area is 201 Å². The standard InChI is InChI=1S/C27H23BrN2O3/c1-19(33-26-15-7-11-21-9-2-4-13-24(21)26)27(31)30-29-17-22-10-3-5-14-25(22)32-18-20-8-6-12-23(28)16-20/h2-17,19H,18H2,1H3,(H,30,31)/b29-17-/t19-/m0/s1. The van der Waals surface area contributed by atoms with Crippen LogP contribution in [0.15, 0.2) is 101 Å². The number of hydrazone groups is 1. The molecule has 166 valence electrons. The molecule has 1 N–H and O–H groups in total. The molecule has 6 heteroatoms. The van der Waals surface area contributed by atoms with Crippen LogP contribution in [0.2, 0.25) is 0 Å². The van der Waals surface area contributed by atoms with Gasteiger partial charge >= 0.3 is 0 Å². The van der Waals surface area contributed by atoms with Crippen molar-refractivity contribution in [3.63, 3.8) is 0 Å². The normalized spacial score (nSPS) is 11.9. The summed E-state index contributed by atoms with van der Waals surface area (Å²) >= 11 is 3.47. The molecule has 0 unspecified atom stereocenters. The number of rotatable bonds is 8. The zero-order chi connectivity index (χ0) is 23.0. The van der Waals surface area contributed by atoms with Crippen LogP contribution in [0.3, 0.4) is 0 Å². The van der Waals surface area contributed by atoms with E-state index in [-0.39, 0.29) is 5.91 Å². The molecular weight excluding hydrogens is 480 g/mol. The number of hydrogen-bond acceptors (Lipinski definition) is 4. The van der Waals surface area contributed by atoms with Gasteiger partial charge in [-0.3, -0.25) is 4.79 Å². The highest BCUT2D eigenvalue weighted by Gasteiger charge is 2.15. The Morgan fingerprint density at radius 2 is 1.70 bits per heavy atom. The summed E-state index contributed by atoms with van der Waals surface area (Å²) in [7, 11) is 0. The number of carbonyl (C=O) groups excluding carboxylic acids is 1. The Bertz CT molecular complexity index is 1280. The summed E-state index contributed by atoms with van der Waals surface area (Å²) in [5.41, 5.74) is 4.36. The predicted octanol–water partition coefficient (Wildman–Crippen LogP) is 6.10. The van der Waals surface area contributed by atoms with Crippen LogP contribution >= 0.6 is 15.9 Å². The summed E-state index contributed by atoms with van der Waals surface area (Å²) < 4.78 is 12.9. The average molecular weight is 503 g/mol. The van der Waals surface area contributed by atoms with Gasteiger partial charge in [0.05, 0.1) is 6.21 Å². The summed E-state index contributed by atoms with van der Waals surface area (Å²) in [4.78, 5) is 12.5. The lowest BCUT2D eigenvalue weighted by Crippen LogP contribution is -2.33. The molecular formula is C27H23BrN2O3. The summed E-state index contributed by atoms with van der Waals surface area (Å²) in [6.07, 6.45) is 0.856. The zero-order valence-electron chi connectivity index (χ0n) is 18.1. The van der Waals surface area contributed by atoms with Gasteiger partial charge in [-0.2, -0.15) is 5.10 Å². The van der Waals surface area contributed by atoms with E-state index in [0.29, 0.717) is 18.1 Å². The van der Waals surface area contributed by atoms with Gasteiger partial charge < -0.3 is 9.47 Å². The fourth-order valence-electron chi connectivity index (χ4n) is 3.31. The van der Waals surface area contributed by atoms with Gasteiger partial charge in [-0.25, -0.2) is 5.43 Å². The summed E-state index contributed by atoms with van der Waals surface area (Å²) in [6.45, 7) is 2.12. The molecule has 33 heavy (non-hydrogen) atoms. The van der Waals surface area contributed by atoms with Gasteiger partial charge in [0, 0.05) is 15.4 Å². The van der Waals surface area contributed by atoms with Crippen LogP contribution in [0.5, 0.6) is 11.5 Å². The van der Waals surface area contributed by atoms with E-state index in [4.69, 9.17) is 9.47 Å². The Balaban J connectivity index is 1.37. The first-order valence-corrected chi connectivity index (χ1v) is 11.3. The second-order valence-electron chi connectivity index (χ2n) is 7.43. The van der Waals surface area contributed by atoms with Crippen LogP contribution < -0.4 is 14.9 Å². The molecule has 0 aliphatic carbocycles. The highest BCUT2D eigenvalue weighted by Crippen LogP contribution is 2.26.